The van der Waals surface area contributed by atoms with Gasteiger partial charge in [-0.05, 0) is 44.2 Å². The summed E-state index contributed by atoms with van der Waals surface area (Å²) >= 11 is 1.90. The number of fused-ring (bicyclic) bond motifs is 1. The van der Waals surface area contributed by atoms with E-state index >= 15 is 0 Å². The van der Waals surface area contributed by atoms with Crippen LogP contribution in [0.2, 0.25) is 0 Å². The normalized spacial score (nSPS) is 13.9. The van der Waals surface area contributed by atoms with Gasteiger partial charge in [-0.1, -0.05) is 18.2 Å². The summed E-state index contributed by atoms with van der Waals surface area (Å²) < 4.78 is 5.58. The fraction of sp³-hybridized carbons (Fsp3) is 0.409. The molecule has 1 aliphatic rings. The summed E-state index contributed by atoms with van der Waals surface area (Å²) in [4.78, 5) is 15.2. The maximum atomic E-state index is 5.58. The molecule has 2 N–H and O–H groups in total. The minimum atomic E-state index is 0.565. The molecule has 2 aromatic heterocycles. The summed E-state index contributed by atoms with van der Waals surface area (Å²) in [6.45, 7) is 1.42. The second-order valence-corrected chi connectivity index (χ2v) is 8.32. The molecule has 0 saturated carbocycles. The van der Waals surface area contributed by atoms with Crippen LogP contribution in [0.1, 0.15) is 40.5 Å². The van der Waals surface area contributed by atoms with Gasteiger partial charge in [0.15, 0.2) is 5.96 Å². The molecule has 4 rings (SSSR count). The molecule has 0 aliphatic heterocycles. The van der Waals surface area contributed by atoms with Gasteiger partial charge in [-0.25, -0.2) is 9.97 Å². The van der Waals surface area contributed by atoms with Crippen molar-refractivity contribution < 1.29 is 4.42 Å². The molecule has 1 aliphatic carbocycles. The van der Waals surface area contributed by atoms with E-state index in [0.29, 0.717) is 12.4 Å². The smallest absolute Gasteiger partial charge is 0.226 e. The Morgan fingerprint density at radius 1 is 1.14 bits per heavy atom. The number of guanidine groups is 1. The molecule has 0 radical (unpaired) electrons. The first kappa shape index (κ1) is 19.6. The summed E-state index contributed by atoms with van der Waals surface area (Å²) in [6, 6.07) is 9.91. The first-order chi connectivity index (χ1) is 14.3. The van der Waals surface area contributed by atoms with Crippen LogP contribution in [0.4, 0.5) is 0 Å². The van der Waals surface area contributed by atoms with Gasteiger partial charge >= 0.3 is 0 Å². The van der Waals surface area contributed by atoms with Gasteiger partial charge in [0.1, 0.15) is 6.26 Å². The predicted molar refractivity (Wildman–Crippen MR) is 117 cm³/mol. The molecule has 0 amide bonds. The first-order valence-electron chi connectivity index (χ1n) is 10.2. The third-order valence-corrected chi connectivity index (χ3v) is 6.20. The number of rotatable bonds is 7. The van der Waals surface area contributed by atoms with E-state index in [1.807, 2.05) is 41.7 Å². The Kier molecular flexibility index (Phi) is 6.56. The highest BCUT2D eigenvalue weighted by atomic mass is 32.1. The Bertz CT molecular complexity index is 924. The third kappa shape index (κ3) is 5.23. The number of aryl methyl sites for hydroxylation is 3. The zero-order chi connectivity index (χ0) is 19.9. The average Bonchev–Trinajstić information content (AvgIpc) is 3.40. The highest BCUT2D eigenvalue weighted by Crippen LogP contribution is 2.27. The zero-order valence-corrected chi connectivity index (χ0v) is 17.6. The summed E-state index contributed by atoms with van der Waals surface area (Å²) in [7, 11) is 1.78. The summed E-state index contributed by atoms with van der Waals surface area (Å²) in [5, 5.41) is 7.94. The van der Waals surface area contributed by atoms with Crippen molar-refractivity contribution in [3.05, 3.63) is 57.9 Å². The van der Waals surface area contributed by atoms with Crippen molar-refractivity contribution in [3.8, 4) is 11.5 Å². The van der Waals surface area contributed by atoms with Crippen LogP contribution in [0, 0.1) is 0 Å². The number of oxazole rings is 1. The molecule has 0 spiro atoms. The fourth-order valence-corrected chi connectivity index (χ4v) is 4.65. The number of aliphatic imine (C=N–C) groups is 1. The third-order valence-electron chi connectivity index (χ3n) is 4.98. The molecule has 1 aromatic carbocycles. The Balaban J connectivity index is 1.20. The highest BCUT2D eigenvalue weighted by molar-refractivity contribution is 7.11. The van der Waals surface area contributed by atoms with Crippen molar-refractivity contribution in [2.75, 3.05) is 13.6 Å². The molecule has 29 heavy (non-hydrogen) atoms. The monoisotopic (exact) mass is 409 g/mol. The topological polar surface area (TPSA) is 75.3 Å². The van der Waals surface area contributed by atoms with E-state index in [1.165, 1.54) is 34.8 Å². The van der Waals surface area contributed by atoms with Gasteiger partial charge in [-0.15, -0.1) is 11.3 Å². The standard InChI is InChI=1S/C22H27N5OS/c1-23-22(24-13-7-12-20-27-18-10-5-6-11-19(18)29-20)25-14-17-15-28-21(26-17)16-8-3-2-4-9-16/h2-4,8-9,15H,5-7,10-14H2,1H3,(H2,23,24,25). The molecular formula is C22H27N5OS. The number of nitrogens with zero attached hydrogens (tertiary/aromatic N) is 3. The van der Waals surface area contributed by atoms with Crippen LogP contribution in [0.3, 0.4) is 0 Å². The van der Waals surface area contributed by atoms with Gasteiger partial charge in [0, 0.05) is 30.5 Å². The van der Waals surface area contributed by atoms with E-state index in [-0.39, 0.29) is 0 Å². The van der Waals surface area contributed by atoms with E-state index in [4.69, 9.17) is 9.40 Å². The molecule has 0 bridgehead atoms. The quantitative estimate of drug-likeness (QED) is 0.351. The SMILES string of the molecule is CN=C(NCCCc1nc2c(s1)CCCC2)NCc1coc(-c2ccccc2)n1. The van der Waals surface area contributed by atoms with Gasteiger partial charge in [0.05, 0.1) is 22.9 Å². The average molecular weight is 410 g/mol. The van der Waals surface area contributed by atoms with Crippen LogP contribution in [-0.2, 0) is 25.8 Å². The lowest BCUT2D eigenvalue weighted by Gasteiger charge is -2.10. The largest absolute Gasteiger partial charge is 0.444 e. The Labute approximate surface area is 175 Å². The zero-order valence-electron chi connectivity index (χ0n) is 16.8. The van der Waals surface area contributed by atoms with Gasteiger partial charge in [0.25, 0.3) is 0 Å². The number of thiazole rings is 1. The van der Waals surface area contributed by atoms with Gasteiger partial charge < -0.3 is 15.1 Å². The van der Waals surface area contributed by atoms with E-state index in [1.54, 1.807) is 13.3 Å². The minimum absolute atomic E-state index is 0.565. The number of aromatic nitrogens is 2. The molecule has 3 aromatic rings. The molecule has 7 heteroatoms. The van der Waals surface area contributed by atoms with E-state index in [9.17, 15) is 0 Å². The lowest BCUT2D eigenvalue weighted by molar-refractivity contribution is 0.572. The number of hydrogen-bond acceptors (Lipinski definition) is 5. The Morgan fingerprint density at radius 2 is 2.00 bits per heavy atom. The molecule has 0 atom stereocenters. The second kappa shape index (κ2) is 9.69. The molecule has 0 saturated heterocycles. The van der Waals surface area contributed by atoms with Gasteiger partial charge in [-0.3, -0.25) is 4.99 Å². The lowest BCUT2D eigenvalue weighted by Crippen LogP contribution is -2.37. The maximum absolute atomic E-state index is 5.58. The van der Waals surface area contributed by atoms with Crippen molar-refractivity contribution >= 4 is 17.3 Å². The van der Waals surface area contributed by atoms with Crippen molar-refractivity contribution in [1.29, 1.82) is 0 Å². The maximum Gasteiger partial charge on any atom is 0.226 e. The second-order valence-electron chi connectivity index (χ2n) is 7.15. The van der Waals surface area contributed by atoms with Crippen LogP contribution < -0.4 is 10.6 Å². The summed E-state index contributed by atoms with van der Waals surface area (Å²) in [5.74, 6) is 1.41. The van der Waals surface area contributed by atoms with E-state index in [0.717, 1.165) is 43.0 Å². The first-order valence-corrected chi connectivity index (χ1v) is 11.1. The summed E-state index contributed by atoms with van der Waals surface area (Å²) in [5.41, 5.74) is 3.18. The number of benzene rings is 1. The van der Waals surface area contributed by atoms with Crippen molar-refractivity contribution in [2.24, 2.45) is 4.99 Å². The van der Waals surface area contributed by atoms with Crippen molar-refractivity contribution in [3.63, 3.8) is 0 Å². The summed E-state index contributed by atoms with van der Waals surface area (Å²) in [6.07, 6.45) is 8.73. The van der Waals surface area contributed by atoms with Gasteiger partial charge in [-0.2, -0.15) is 0 Å². The van der Waals surface area contributed by atoms with Crippen molar-refractivity contribution in [1.82, 2.24) is 20.6 Å². The molecule has 152 valence electrons. The molecular weight excluding hydrogens is 382 g/mol. The van der Waals surface area contributed by atoms with E-state index in [2.05, 4.69) is 20.6 Å². The lowest BCUT2D eigenvalue weighted by atomic mass is 10.0. The fourth-order valence-electron chi connectivity index (χ4n) is 3.46. The molecule has 0 unspecified atom stereocenters. The van der Waals surface area contributed by atoms with Gasteiger partial charge in [0.2, 0.25) is 5.89 Å². The van der Waals surface area contributed by atoms with Crippen LogP contribution in [0.15, 0.2) is 46.0 Å². The van der Waals surface area contributed by atoms with E-state index < -0.39 is 0 Å². The predicted octanol–water partition coefficient (Wildman–Crippen LogP) is 3.97. The molecule has 6 nitrogen and oxygen atoms in total. The molecule has 0 fully saturated rings. The minimum Gasteiger partial charge on any atom is -0.444 e. The number of nitrogens with one attached hydrogen (secondary N) is 2. The van der Waals surface area contributed by atoms with Crippen LogP contribution in [0.5, 0.6) is 0 Å². The Morgan fingerprint density at radius 3 is 2.83 bits per heavy atom. The van der Waals surface area contributed by atoms with Crippen LogP contribution in [0.25, 0.3) is 11.5 Å². The van der Waals surface area contributed by atoms with Crippen LogP contribution in [-0.4, -0.2) is 29.5 Å². The van der Waals surface area contributed by atoms with Crippen molar-refractivity contribution in [2.45, 2.75) is 45.1 Å². The molecule has 2 heterocycles. The highest BCUT2D eigenvalue weighted by Gasteiger charge is 2.14. The Hall–Kier alpha value is -2.67. The number of hydrogen-bond donors (Lipinski definition) is 2. The van der Waals surface area contributed by atoms with Crippen LogP contribution >= 0.6 is 11.3 Å².